The molecule has 4 heteroatoms. The van der Waals surface area contributed by atoms with Gasteiger partial charge in [0.1, 0.15) is 23.9 Å². The molecule has 0 spiro atoms. The smallest absolute Gasteiger partial charge is 0.119 e. The number of hydrogen-bond donors (Lipinski definition) is 2. The number of nitrogens with zero attached hydrogens (tertiary/aromatic N) is 1. The highest BCUT2D eigenvalue weighted by Crippen LogP contribution is 2.34. The van der Waals surface area contributed by atoms with Gasteiger partial charge in [0.05, 0.1) is 0 Å². The summed E-state index contributed by atoms with van der Waals surface area (Å²) in [6.45, 7) is 0.477. The molecule has 0 amide bonds. The topological polar surface area (TPSA) is 62.0 Å². The van der Waals surface area contributed by atoms with Crippen molar-refractivity contribution < 1.29 is 14.9 Å². The van der Waals surface area contributed by atoms with Crippen LogP contribution >= 0.6 is 0 Å². The number of aliphatic imine (C=N–C) groups is 1. The van der Waals surface area contributed by atoms with Crippen LogP contribution in [-0.4, -0.2) is 23.0 Å². The largest absolute Gasteiger partial charge is 0.508 e. The maximum atomic E-state index is 9.96. The van der Waals surface area contributed by atoms with E-state index in [4.69, 9.17) is 4.74 Å². The predicted molar refractivity (Wildman–Crippen MR) is 138 cm³/mol. The first-order chi connectivity index (χ1) is 16.7. The molecule has 4 nitrogen and oxygen atoms in total. The van der Waals surface area contributed by atoms with Crippen LogP contribution in [0.25, 0.3) is 21.9 Å². The van der Waals surface area contributed by atoms with E-state index in [1.807, 2.05) is 54.9 Å². The number of allylic oxidation sites excluding steroid dienone is 1. The molecule has 0 aliphatic carbocycles. The molecule has 168 valence electrons. The van der Waals surface area contributed by atoms with Crippen LogP contribution in [0.5, 0.6) is 17.2 Å². The van der Waals surface area contributed by atoms with Crippen molar-refractivity contribution in [3.05, 3.63) is 114 Å². The minimum Gasteiger partial charge on any atom is -0.508 e. The number of aromatic hydroxyl groups is 2. The number of fused-ring (bicyclic) bond motifs is 1. The Morgan fingerprint density at radius 2 is 1.62 bits per heavy atom. The minimum absolute atomic E-state index is 0.244. The summed E-state index contributed by atoms with van der Waals surface area (Å²) in [5.74, 6) is 1.31. The van der Waals surface area contributed by atoms with Crippen LogP contribution in [0, 0.1) is 0 Å². The summed E-state index contributed by atoms with van der Waals surface area (Å²) in [5, 5.41) is 21.8. The fourth-order valence-electron chi connectivity index (χ4n) is 4.18. The normalized spacial score (nSPS) is 13.0. The second kappa shape index (κ2) is 9.67. The number of phenols is 2. The Kier molecular flexibility index (Phi) is 6.13. The molecule has 0 unspecified atom stereocenters. The summed E-state index contributed by atoms with van der Waals surface area (Å²) in [6.07, 6.45) is 9.39. The molecule has 1 heterocycles. The maximum absolute atomic E-state index is 9.96. The van der Waals surface area contributed by atoms with Crippen molar-refractivity contribution in [2.45, 2.75) is 12.8 Å². The van der Waals surface area contributed by atoms with Gasteiger partial charge in [-0.15, -0.1) is 0 Å². The van der Waals surface area contributed by atoms with E-state index >= 15 is 0 Å². The van der Waals surface area contributed by atoms with E-state index in [2.05, 4.69) is 29.3 Å². The molecule has 0 atom stereocenters. The summed E-state index contributed by atoms with van der Waals surface area (Å²) >= 11 is 0. The molecule has 1 aliphatic heterocycles. The molecular weight excluding hydrogens is 422 g/mol. The van der Waals surface area contributed by atoms with Crippen molar-refractivity contribution in [2.75, 3.05) is 6.61 Å². The number of phenolic OH excluding ortho intramolecular Hbond substituents is 2. The van der Waals surface area contributed by atoms with Gasteiger partial charge in [-0.1, -0.05) is 54.6 Å². The van der Waals surface area contributed by atoms with Gasteiger partial charge >= 0.3 is 0 Å². The van der Waals surface area contributed by atoms with Crippen LogP contribution in [0.15, 0.2) is 108 Å². The number of rotatable bonds is 6. The molecule has 4 aromatic carbocycles. The Morgan fingerprint density at radius 3 is 2.44 bits per heavy atom. The Bertz CT molecular complexity index is 1400. The van der Waals surface area contributed by atoms with Gasteiger partial charge in [0.15, 0.2) is 0 Å². The SMILES string of the molecule is Oc1ccc(-c2ccc3cc(O)ccc3c2Cc2ccc(OCC3=CN=CCC=C3)cc2)cc1. The van der Waals surface area contributed by atoms with Crippen molar-refractivity contribution in [3.63, 3.8) is 0 Å². The van der Waals surface area contributed by atoms with Crippen LogP contribution in [0.4, 0.5) is 0 Å². The first-order valence-electron chi connectivity index (χ1n) is 11.3. The van der Waals surface area contributed by atoms with Crippen LogP contribution in [-0.2, 0) is 6.42 Å². The first-order valence-corrected chi connectivity index (χ1v) is 11.3. The van der Waals surface area contributed by atoms with Gasteiger partial charge in [-0.25, -0.2) is 0 Å². The Morgan fingerprint density at radius 1 is 0.824 bits per heavy atom. The number of hydrogen-bond acceptors (Lipinski definition) is 4. The van der Waals surface area contributed by atoms with Crippen LogP contribution in [0.1, 0.15) is 17.5 Å². The molecule has 4 aromatic rings. The van der Waals surface area contributed by atoms with Gasteiger partial charge < -0.3 is 14.9 Å². The van der Waals surface area contributed by atoms with Crippen molar-refractivity contribution >= 4 is 17.0 Å². The Hall–Kier alpha value is -4.31. The lowest BCUT2D eigenvalue weighted by Gasteiger charge is -2.15. The quantitative estimate of drug-likeness (QED) is 0.342. The van der Waals surface area contributed by atoms with Gasteiger partial charge in [-0.2, -0.15) is 0 Å². The lowest BCUT2D eigenvalue weighted by atomic mass is 9.90. The highest BCUT2D eigenvalue weighted by molar-refractivity contribution is 5.93. The molecule has 0 saturated carbocycles. The predicted octanol–water partition coefficient (Wildman–Crippen LogP) is 6.80. The van der Waals surface area contributed by atoms with E-state index in [-0.39, 0.29) is 11.5 Å². The van der Waals surface area contributed by atoms with E-state index in [9.17, 15) is 10.2 Å². The van der Waals surface area contributed by atoms with E-state index in [0.717, 1.165) is 51.6 Å². The monoisotopic (exact) mass is 447 g/mol. The molecule has 0 fully saturated rings. The zero-order valence-electron chi connectivity index (χ0n) is 18.7. The van der Waals surface area contributed by atoms with E-state index < -0.39 is 0 Å². The molecule has 0 bridgehead atoms. The van der Waals surface area contributed by atoms with Gasteiger partial charge in [0.2, 0.25) is 0 Å². The molecular formula is C30H25NO3. The third-order valence-electron chi connectivity index (χ3n) is 5.92. The summed E-state index contributed by atoms with van der Waals surface area (Å²) in [6, 6.07) is 25.0. The van der Waals surface area contributed by atoms with Gasteiger partial charge in [0.25, 0.3) is 0 Å². The van der Waals surface area contributed by atoms with Crippen LogP contribution < -0.4 is 4.74 Å². The van der Waals surface area contributed by atoms with Gasteiger partial charge in [0, 0.05) is 24.4 Å². The average Bonchev–Trinajstić information content (AvgIpc) is 3.13. The van der Waals surface area contributed by atoms with Crippen molar-refractivity contribution in [1.82, 2.24) is 0 Å². The van der Waals surface area contributed by atoms with Gasteiger partial charge in [-0.3, -0.25) is 4.99 Å². The fourth-order valence-corrected chi connectivity index (χ4v) is 4.18. The fraction of sp³-hybridized carbons (Fsp3) is 0.100. The first kappa shape index (κ1) is 21.5. The zero-order valence-corrected chi connectivity index (χ0v) is 18.7. The molecule has 5 rings (SSSR count). The summed E-state index contributed by atoms with van der Waals surface area (Å²) in [5.41, 5.74) is 5.51. The average molecular weight is 448 g/mol. The third kappa shape index (κ3) is 4.86. The van der Waals surface area contributed by atoms with Crippen LogP contribution in [0.2, 0.25) is 0 Å². The van der Waals surface area contributed by atoms with Crippen molar-refractivity contribution in [3.8, 4) is 28.4 Å². The summed E-state index contributed by atoms with van der Waals surface area (Å²) < 4.78 is 5.95. The Balaban J connectivity index is 1.43. The second-order valence-electron chi connectivity index (χ2n) is 8.33. The van der Waals surface area contributed by atoms with Gasteiger partial charge in [-0.05, 0) is 75.8 Å². The third-order valence-corrected chi connectivity index (χ3v) is 5.92. The Labute approximate surface area is 198 Å². The van der Waals surface area contributed by atoms with Crippen molar-refractivity contribution in [1.29, 1.82) is 0 Å². The number of ether oxygens (including phenoxy) is 1. The van der Waals surface area contributed by atoms with E-state index in [1.165, 1.54) is 5.56 Å². The highest BCUT2D eigenvalue weighted by Gasteiger charge is 2.12. The second-order valence-corrected chi connectivity index (χ2v) is 8.33. The number of benzene rings is 4. The minimum atomic E-state index is 0.244. The van der Waals surface area contributed by atoms with Crippen LogP contribution in [0.3, 0.4) is 0 Å². The summed E-state index contributed by atoms with van der Waals surface area (Å²) in [7, 11) is 0. The zero-order chi connectivity index (χ0) is 23.3. The lowest BCUT2D eigenvalue weighted by molar-refractivity contribution is 0.355. The molecule has 2 N–H and O–H groups in total. The van der Waals surface area contributed by atoms with E-state index in [0.29, 0.717) is 6.61 Å². The highest BCUT2D eigenvalue weighted by atomic mass is 16.5. The molecule has 34 heavy (non-hydrogen) atoms. The molecule has 0 aromatic heterocycles. The molecule has 0 saturated heterocycles. The summed E-state index contributed by atoms with van der Waals surface area (Å²) in [4.78, 5) is 4.23. The lowest BCUT2D eigenvalue weighted by Crippen LogP contribution is -2.00. The maximum Gasteiger partial charge on any atom is 0.119 e. The van der Waals surface area contributed by atoms with Crippen molar-refractivity contribution in [2.24, 2.45) is 4.99 Å². The molecule has 0 radical (unpaired) electrons. The van der Waals surface area contributed by atoms with E-state index in [1.54, 1.807) is 24.3 Å². The standard InChI is InChI=1S/C30H25NO3/c32-25-9-6-23(7-10-25)28-14-8-24-18-26(33)11-15-29(24)30(28)17-21-4-12-27(13-5-21)34-20-22-3-1-2-16-31-19-22/h1,3-16,18-19,32-33H,2,17,20H2. The molecule has 1 aliphatic rings.